The van der Waals surface area contributed by atoms with Crippen molar-refractivity contribution in [3.63, 3.8) is 0 Å². The fourth-order valence-electron chi connectivity index (χ4n) is 2.73. The van der Waals surface area contributed by atoms with Crippen molar-refractivity contribution in [1.82, 2.24) is 4.90 Å². The molecule has 0 saturated carbocycles. The molecule has 0 bridgehead atoms. The van der Waals surface area contributed by atoms with Crippen LogP contribution in [0, 0.1) is 12.8 Å². The minimum Gasteiger partial charge on any atom is -0.464 e. The van der Waals surface area contributed by atoms with Crippen LogP contribution in [0.4, 0.5) is 0 Å². The van der Waals surface area contributed by atoms with Gasteiger partial charge >= 0.3 is 0 Å². The Kier molecular flexibility index (Phi) is 5.42. The summed E-state index contributed by atoms with van der Waals surface area (Å²) in [7, 11) is 1.85. The maximum atomic E-state index is 12.9. The van der Waals surface area contributed by atoms with Crippen LogP contribution in [-0.4, -0.2) is 17.9 Å². The Labute approximate surface area is 132 Å². The first-order valence-electron chi connectivity index (χ1n) is 7.88. The highest BCUT2D eigenvalue weighted by molar-refractivity contribution is 5.83. The Morgan fingerprint density at radius 3 is 2.41 bits per heavy atom. The molecule has 2 rings (SSSR count). The summed E-state index contributed by atoms with van der Waals surface area (Å²) in [5, 5.41) is 0. The number of aryl methyl sites for hydroxylation is 1. The fraction of sp³-hybridized carbons (Fsp3) is 0.421. The highest BCUT2D eigenvalue weighted by Gasteiger charge is 2.28. The zero-order valence-electron chi connectivity index (χ0n) is 13.9. The summed E-state index contributed by atoms with van der Waals surface area (Å²) in [5.41, 5.74) is 1.09. The molecule has 1 amide bonds. The van der Waals surface area contributed by atoms with Gasteiger partial charge in [0.1, 0.15) is 11.5 Å². The molecular formula is C19H25NO2. The molecule has 2 atom stereocenters. The van der Waals surface area contributed by atoms with E-state index in [1.165, 1.54) is 0 Å². The lowest BCUT2D eigenvalue weighted by molar-refractivity contribution is -0.133. The molecule has 2 aromatic rings. The van der Waals surface area contributed by atoms with Gasteiger partial charge in [0.25, 0.3) is 0 Å². The van der Waals surface area contributed by atoms with Crippen LogP contribution in [0.5, 0.6) is 0 Å². The molecule has 0 spiro atoms. The largest absolute Gasteiger partial charge is 0.464 e. The van der Waals surface area contributed by atoms with Crippen LogP contribution in [0.25, 0.3) is 0 Å². The predicted octanol–water partition coefficient (Wildman–Crippen LogP) is 4.38. The summed E-state index contributed by atoms with van der Waals surface area (Å²) in [6, 6.07) is 13.9. The Morgan fingerprint density at radius 2 is 1.86 bits per heavy atom. The highest BCUT2D eigenvalue weighted by atomic mass is 16.3. The molecule has 0 radical (unpaired) electrons. The van der Waals surface area contributed by atoms with Crippen LogP contribution in [0.1, 0.15) is 43.3 Å². The van der Waals surface area contributed by atoms with E-state index in [1.807, 2.05) is 56.4 Å². The SMILES string of the molecule is CCC(C)C(C(=O)N(C)Cc1ccc(C)o1)c1ccccc1. The summed E-state index contributed by atoms with van der Waals surface area (Å²) < 4.78 is 5.58. The number of hydrogen-bond acceptors (Lipinski definition) is 2. The molecule has 0 aliphatic heterocycles. The van der Waals surface area contributed by atoms with E-state index in [1.54, 1.807) is 4.90 Å². The van der Waals surface area contributed by atoms with Gasteiger partial charge in [-0.2, -0.15) is 0 Å². The lowest BCUT2D eigenvalue weighted by atomic mass is 9.84. The van der Waals surface area contributed by atoms with Crippen molar-refractivity contribution in [2.24, 2.45) is 5.92 Å². The molecule has 22 heavy (non-hydrogen) atoms. The number of likely N-dealkylation sites (N-methyl/N-ethyl adjacent to an activating group) is 1. The van der Waals surface area contributed by atoms with E-state index in [4.69, 9.17) is 4.42 Å². The Morgan fingerprint density at radius 1 is 1.18 bits per heavy atom. The zero-order chi connectivity index (χ0) is 16.1. The van der Waals surface area contributed by atoms with E-state index in [0.29, 0.717) is 12.5 Å². The Balaban J connectivity index is 2.18. The molecule has 3 nitrogen and oxygen atoms in total. The molecule has 0 aliphatic rings. The van der Waals surface area contributed by atoms with Crippen molar-refractivity contribution >= 4 is 5.91 Å². The smallest absolute Gasteiger partial charge is 0.230 e. The van der Waals surface area contributed by atoms with E-state index >= 15 is 0 Å². The summed E-state index contributed by atoms with van der Waals surface area (Å²) >= 11 is 0. The minimum absolute atomic E-state index is 0.104. The summed E-state index contributed by atoms with van der Waals surface area (Å²) in [5.74, 6) is 2.04. The Hall–Kier alpha value is -2.03. The van der Waals surface area contributed by atoms with E-state index < -0.39 is 0 Å². The normalized spacial score (nSPS) is 13.6. The Bertz CT molecular complexity index is 603. The number of amides is 1. The first kappa shape index (κ1) is 16.3. The first-order chi connectivity index (χ1) is 10.5. The van der Waals surface area contributed by atoms with Gasteiger partial charge in [-0.1, -0.05) is 50.6 Å². The van der Waals surface area contributed by atoms with Crippen molar-refractivity contribution in [2.75, 3.05) is 7.05 Å². The third kappa shape index (κ3) is 3.79. The van der Waals surface area contributed by atoms with Crippen LogP contribution >= 0.6 is 0 Å². The topological polar surface area (TPSA) is 33.5 Å². The van der Waals surface area contributed by atoms with Gasteiger partial charge in [-0.05, 0) is 30.5 Å². The molecule has 1 heterocycles. The molecule has 0 saturated heterocycles. The van der Waals surface area contributed by atoms with Crippen molar-refractivity contribution in [2.45, 2.75) is 39.7 Å². The third-order valence-corrected chi connectivity index (χ3v) is 4.20. The summed E-state index contributed by atoms with van der Waals surface area (Å²) in [4.78, 5) is 14.7. The minimum atomic E-state index is -0.104. The van der Waals surface area contributed by atoms with Crippen LogP contribution in [0.2, 0.25) is 0 Å². The zero-order valence-corrected chi connectivity index (χ0v) is 13.9. The molecule has 0 fully saturated rings. The van der Waals surface area contributed by atoms with Crippen molar-refractivity contribution in [1.29, 1.82) is 0 Å². The number of carbonyl (C=O) groups is 1. The van der Waals surface area contributed by atoms with Gasteiger partial charge in [0.05, 0.1) is 12.5 Å². The number of rotatable bonds is 6. The van der Waals surface area contributed by atoms with Gasteiger partial charge in [0, 0.05) is 7.05 Å². The molecule has 0 aliphatic carbocycles. The van der Waals surface area contributed by atoms with Crippen LogP contribution in [0.3, 0.4) is 0 Å². The molecule has 3 heteroatoms. The van der Waals surface area contributed by atoms with Crippen LogP contribution in [0.15, 0.2) is 46.9 Å². The monoisotopic (exact) mass is 299 g/mol. The lowest BCUT2D eigenvalue weighted by Crippen LogP contribution is -2.34. The number of nitrogens with zero attached hydrogens (tertiary/aromatic N) is 1. The second-order valence-corrected chi connectivity index (χ2v) is 5.98. The van der Waals surface area contributed by atoms with E-state index in [2.05, 4.69) is 13.8 Å². The molecule has 1 aromatic carbocycles. The van der Waals surface area contributed by atoms with Crippen molar-refractivity contribution < 1.29 is 9.21 Å². The number of hydrogen-bond donors (Lipinski definition) is 0. The molecule has 118 valence electrons. The van der Waals surface area contributed by atoms with Gasteiger partial charge in [-0.3, -0.25) is 4.79 Å². The molecule has 2 unspecified atom stereocenters. The van der Waals surface area contributed by atoms with E-state index in [-0.39, 0.29) is 11.8 Å². The fourth-order valence-corrected chi connectivity index (χ4v) is 2.73. The average molecular weight is 299 g/mol. The van der Waals surface area contributed by atoms with Crippen LogP contribution in [-0.2, 0) is 11.3 Å². The average Bonchev–Trinajstić information content (AvgIpc) is 2.93. The number of furan rings is 1. The standard InChI is InChI=1S/C19H25NO2/c1-5-14(2)18(16-9-7-6-8-10-16)19(21)20(4)13-17-12-11-15(3)22-17/h6-12,14,18H,5,13H2,1-4H3. The number of benzene rings is 1. The lowest BCUT2D eigenvalue weighted by Gasteiger charge is -2.27. The molecule has 1 aromatic heterocycles. The molecule has 0 N–H and O–H groups in total. The maximum absolute atomic E-state index is 12.9. The van der Waals surface area contributed by atoms with Crippen molar-refractivity contribution in [3.05, 3.63) is 59.5 Å². The number of carbonyl (C=O) groups excluding carboxylic acids is 1. The first-order valence-corrected chi connectivity index (χ1v) is 7.88. The van der Waals surface area contributed by atoms with Gasteiger partial charge in [0.15, 0.2) is 0 Å². The maximum Gasteiger partial charge on any atom is 0.230 e. The van der Waals surface area contributed by atoms with Crippen molar-refractivity contribution in [3.8, 4) is 0 Å². The summed E-state index contributed by atoms with van der Waals surface area (Å²) in [6.45, 7) is 6.69. The van der Waals surface area contributed by atoms with Gasteiger partial charge in [-0.25, -0.2) is 0 Å². The third-order valence-electron chi connectivity index (χ3n) is 4.20. The van der Waals surface area contributed by atoms with Crippen LogP contribution < -0.4 is 0 Å². The second-order valence-electron chi connectivity index (χ2n) is 5.98. The van der Waals surface area contributed by atoms with E-state index in [0.717, 1.165) is 23.5 Å². The second kappa shape index (κ2) is 7.30. The van der Waals surface area contributed by atoms with Gasteiger partial charge in [-0.15, -0.1) is 0 Å². The quantitative estimate of drug-likeness (QED) is 0.793. The highest BCUT2D eigenvalue weighted by Crippen LogP contribution is 2.29. The van der Waals surface area contributed by atoms with E-state index in [9.17, 15) is 4.79 Å². The predicted molar refractivity (Wildman–Crippen MR) is 88.6 cm³/mol. The molecular weight excluding hydrogens is 274 g/mol. The van der Waals surface area contributed by atoms with Gasteiger partial charge < -0.3 is 9.32 Å². The van der Waals surface area contributed by atoms with Gasteiger partial charge in [0.2, 0.25) is 5.91 Å². The summed E-state index contributed by atoms with van der Waals surface area (Å²) in [6.07, 6.45) is 0.971.